The Kier molecular flexibility index (Phi) is 5.65. The molecule has 0 radical (unpaired) electrons. The van der Waals surface area contributed by atoms with Crippen molar-refractivity contribution in [2.24, 2.45) is 11.8 Å². The van der Waals surface area contributed by atoms with Gasteiger partial charge in [0.25, 0.3) is 0 Å². The fraction of sp³-hybridized carbons (Fsp3) is 0.636. The Bertz CT molecular complexity index is 678. The lowest BCUT2D eigenvalue weighted by Gasteiger charge is -2.34. The first kappa shape index (κ1) is 18.3. The zero-order chi connectivity index (χ0) is 18.6. The van der Waals surface area contributed by atoms with Crippen molar-refractivity contribution in [1.29, 1.82) is 0 Å². The average Bonchev–Trinajstić information content (AvgIpc) is 3.52. The zero-order valence-corrected chi connectivity index (χ0v) is 16.0. The largest absolute Gasteiger partial charge is 0.493 e. The molecule has 0 aromatic heterocycles. The molecule has 1 N–H and O–H groups in total. The molecule has 146 valence electrons. The van der Waals surface area contributed by atoms with Crippen LogP contribution in [0, 0.1) is 11.8 Å². The van der Waals surface area contributed by atoms with E-state index >= 15 is 0 Å². The second-order valence-corrected chi connectivity index (χ2v) is 8.30. The summed E-state index contributed by atoms with van der Waals surface area (Å²) in [6, 6.07) is 8.51. The van der Waals surface area contributed by atoms with Gasteiger partial charge in [-0.15, -0.1) is 0 Å². The molecule has 5 nitrogen and oxygen atoms in total. The number of piperidine rings is 1. The molecule has 2 amide bonds. The lowest BCUT2D eigenvalue weighted by molar-refractivity contribution is -0.137. The van der Waals surface area contributed by atoms with Crippen molar-refractivity contribution in [3.63, 3.8) is 0 Å². The quantitative estimate of drug-likeness (QED) is 0.867. The van der Waals surface area contributed by atoms with Gasteiger partial charge in [0.05, 0.1) is 6.61 Å². The van der Waals surface area contributed by atoms with Crippen molar-refractivity contribution in [2.75, 3.05) is 19.7 Å². The second-order valence-electron chi connectivity index (χ2n) is 8.30. The number of amides is 2. The number of rotatable bonds is 5. The highest BCUT2D eigenvalue weighted by Crippen LogP contribution is 2.29. The SMILES string of the molecule is O=C(CCC1CCN(C(=O)[C@@H]2CCOc3ccccc3C2)CC1)NC1CC1. The van der Waals surface area contributed by atoms with E-state index in [-0.39, 0.29) is 17.7 Å². The number of hydrogen-bond donors (Lipinski definition) is 1. The van der Waals surface area contributed by atoms with Gasteiger partial charge in [-0.25, -0.2) is 0 Å². The molecule has 2 aliphatic heterocycles. The molecule has 0 spiro atoms. The van der Waals surface area contributed by atoms with Crippen molar-refractivity contribution in [2.45, 2.75) is 57.4 Å². The minimum Gasteiger partial charge on any atom is -0.493 e. The van der Waals surface area contributed by atoms with Gasteiger partial charge in [0.2, 0.25) is 11.8 Å². The average molecular weight is 370 g/mol. The molecule has 5 heteroatoms. The maximum Gasteiger partial charge on any atom is 0.226 e. The van der Waals surface area contributed by atoms with Gasteiger partial charge in [-0.3, -0.25) is 9.59 Å². The van der Waals surface area contributed by atoms with Crippen molar-refractivity contribution < 1.29 is 14.3 Å². The first-order valence-corrected chi connectivity index (χ1v) is 10.5. The van der Waals surface area contributed by atoms with Gasteiger partial charge < -0.3 is 15.0 Å². The Morgan fingerprint density at radius 3 is 2.63 bits per heavy atom. The summed E-state index contributed by atoms with van der Waals surface area (Å²) in [7, 11) is 0. The molecule has 2 heterocycles. The first-order valence-electron chi connectivity index (χ1n) is 10.5. The van der Waals surface area contributed by atoms with E-state index in [1.807, 2.05) is 23.1 Å². The molecule has 0 bridgehead atoms. The highest BCUT2D eigenvalue weighted by molar-refractivity contribution is 5.79. The highest BCUT2D eigenvalue weighted by Gasteiger charge is 2.30. The van der Waals surface area contributed by atoms with Gasteiger partial charge in [-0.1, -0.05) is 18.2 Å². The molecule has 1 saturated carbocycles. The van der Waals surface area contributed by atoms with Crippen LogP contribution in [0.25, 0.3) is 0 Å². The standard InChI is InChI=1S/C22H30N2O3/c25-21(23-19-6-7-19)8-5-16-9-12-24(13-10-16)22(26)18-11-14-27-20-4-2-1-3-17(20)15-18/h1-4,16,18-19H,5-15H2,(H,23,25)/t18-/m1/s1. The third-order valence-electron chi connectivity index (χ3n) is 6.16. The molecule has 4 rings (SSSR count). The van der Waals surface area contributed by atoms with E-state index in [0.717, 1.165) is 69.3 Å². The summed E-state index contributed by atoms with van der Waals surface area (Å²) >= 11 is 0. The Balaban J connectivity index is 1.24. The van der Waals surface area contributed by atoms with Crippen LogP contribution >= 0.6 is 0 Å². The normalized spacial score (nSPS) is 23.1. The lowest BCUT2D eigenvalue weighted by Crippen LogP contribution is -2.42. The summed E-state index contributed by atoms with van der Waals surface area (Å²) in [6.07, 6.45) is 7.46. The Morgan fingerprint density at radius 2 is 1.85 bits per heavy atom. The first-order chi connectivity index (χ1) is 13.2. The predicted octanol–water partition coefficient (Wildman–Crippen LogP) is 2.93. The number of hydrogen-bond acceptors (Lipinski definition) is 3. The van der Waals surface area contributed by atoms with E-state index in [4.69, 9.17) is 4.74 Å². The summed E-state index contributed by atoms with van der Waals surface area (Å²) < 4.78 is 5.81. The van der Waals surface area contributed by atoms with Crippen LogP contribution in [-0.2, 0) is 16.0 Å². The molecule has 1 atom stereocenters. The number of carbonyl (C=O) groups is 2. The van der Waals surface area contributed by atoms with Crippen molar-refractivity contribution in [3.8, 4) is 5.75 Å². The topological polar surface area (TPSA) is 58.6 Å². The minimum atomic E-state index is 0.0227. The molecule has 1 aromatic rings. The summed E-state index contributed by atoms with van der Waals surface area (Å²) in [5, 5.41) is 3.06. The number of likely N-dealkylation sites (tertiary alicyclic amines) is 1. The predicted molar refractivity (Wildman–Crippen MR) is 103 cm³/mol. The summed E-state index contributed by atoms with van der Waals surface area (Å²) in [4.78, 5) is 26.9. The third kappa shape index (κ3) is 4.82. The van der Waals surface area contributed by atoms with Crippen LogP contribution in [0.1, 0.15) is 50.5 Å². The van der Waals surface area contributed by atoms with Gasteiger partial charge in [-0.05, 0) is 62.5 Å². The van der Waals surface area contributed by atoms with Crippen LogP contribution in [0.15, 0.2) is 24.3 Å². The molecule has 3 aliphatic rings. The smallest absolute Gasteiger partial charge is 0.226 e. The molecule has 2 fully saturated rings. The third-order valence-corrected chi connectivity index (χ3v) is 6.16. The van der Waals surface area contributed by atoms with Gasteiger partial charge in [-0.2, -0.15) is 0 Å². The number of para-hydroxylation sites is 1. The summed E-state index contributed by atoms with van der Waals surface area (Å²) in [6.45, 7) is 2.26. The molecule has 0 unspecified atom stereocenters. The van der Waals surface area contributed by atoms with Crippen LogP contribution < -0.4 is 10.1 Å². The van der Waals surface area contributed by atoms with Crippen LogP contribution in [0.2, 0.25) is 0 Å². The van der Waals surface area contributed by atoms with Crippen LogP contribution in [0.5, 0.6) is 5.75 Å². The van der Waals surface area contributed by atoms with Crippen LogP contribution in [0.4, 0.5) is 0 Å². The molecular formula is C22H30N2O3. The zero-order valence-electron chi connectivity index (χ0n) is 16.0. The molecule has 1 aliphatic carbocycles. The second kappa shape index (κ2) is 8.32. The van der Waals surface area contributed by atoms with E-state index in [0.29, 0.717) is 25.0 Å². The minimum absolute atomic E-state index is 0.0227. The number of ether oxygens (including phenoxy) is 1. The highest BCUT2D eigenvalue weighted by atomic mass is 16.5. The fourth-order valence-electron chi connectivity index (χ4n) is 4.27. The van der Waals surface area contributed by atoms with Crippen molar-refractivity contribution >= 4 is 11.8 Å². The lowest BCUT2D eigenvalue weighted by atomic mass is 9.90. The van der Waals surface area contributed by atoms with Crippen molar-refractivity contribution in [3.05, 3.63) is 29.8 Å². The van der Waals surface area contributed by atoms with Gasteiger partial charge in [0.1, 0.15) is 5.75 Å². The maximum absolute atomic E-state index is 13.0. The molecule has 1 aromatic carbocycles. The summed E-state index contributed by atoms with van der Waals surface area (Å²) in [5.41, 5.74) is 1.14. The van der Waals surface area contributed by atoms with E-state index < -0.39 is 0 Å². The van der Waals surface area contributed by atoms with Crippen LogP contribution in [-0.4, -0.2) is 42.5 Å². The number of benzene rings is 1. The molecule has 27 heavy (non-hydrogen) atoms. The van der Waals surface area contributed by atoms with E-state index in [1.165, 1.54) is 0 Å². The van der Waals surface area contributed by atoms with E-state index in [1.54, 1.807) is 0 Å². The van der Waals surface area contributed by atoms with Gasteiger partial charge in [0, 0.05) is 31.5 Å². The fourth-order valence-corrected chi connectivity index (χ4v) is 4.27. The van der Waals surface area contributed by atoms with Crippen molar-refractivity contribution in [1.82, 2.24) is 10.2 Å². The Hall–Kier alpha value is -2.04. The Labute approximate surface area is 161 Å². The van der Waals surface area contributed by atoms with Gasteiger partial charge in [0.15, 0.2) is 0 Å². The van der Waals surface area contributed by atoms with E-state index in [9.17, 15) is 9.59 Å². The van der Waals surface area contributed by atoms with E-state index in [2.05, 4.69) is 11.4 Å². The molecule has 1 saturated heterocycles. The maximum atomic E-state index is 13.0. The molecular weight excluding hydrogens is 340 g/mol. The number of fused-ring (bicyclic) bond motifs is 1. The van der Waals surface area contributed by atoms with Crippen LogP contribution in [0.3, 0.4) is 0 Å². The number of carbonyl (C=O) groups excluding carboxylic acids is 2. The Morgan fingerprint density at radius 1 is 1.07 bits per heavy atom. The number of nitrogens with zero attached hydrogens (tertiary/aromatic N) is 1. The number of nitrogens with one attached hydrogen (secondary N) is 1. The summed E-state index contributed by atoms with van der Waals surface area (Å²) in [5.74, 6) is 2.00. The monoisotopic (exact) mass is 370 g/mol. The van der Waals surface area contributed by atoms with Gasteiger partial charge >= 0.3 is 0 Å².